The molecule has 1 fully saturated rings. The van der Waals surface area contributed by atoms with Crippen molar-refractivity contribution in [2.24, 2.45) is 0 Å². The molecule has 0 unspecified atom stereocenters. The largest absolute Gasteiger partial charge is 0.482 e. The van der Waals surface area contributed by atoms with Crippen LogP contribution in [0.5, 0.6) is 5.75 Å². The third-order valence-corrected chi connectivity index (χ3v) is 5.00. The highest BCUT2D eigenvalue weighted by Crippen LogP contribution is 2.31. The van der Waals surface area contributed by atoms with Crippen molar-refractivity contribution in [3.8, 4) is 5.75 Å². The van der Waals surface area contributed by atoms with Crippen LogP contribution in [0.1, 0.15) is 13.3 Å². The van der Waals surface area contributed by atoms with Crippen LogP contribution in [0.4, 0.5) is 5.69 Å². The number of piperazine rings is 1. The number of hydrogen-bond acceptors (Lipinski definition) is 5. The molecule has 0 spiro atoms. The minimum atomic E-state index is -0.187. The zero-order valence-corrected chi connectivity index (χ0v) is 15.4. The average Bonchev–Trinajstić information content (AvgIpc) is 2.68. The Hall–Kier alpha value is -2.12. The maximum absolute atomic E-state index is 12.2. The van der Waals surface area contributed by atoms with Crippen LogP contribution in [0.2, 0.25) is 0 Å². The molecule has 1 aromatic carbocycles. The zero-order chi connectivity index (χ0) is 18.4. The minimum Gasteiger partial charge on any atom is -0.482 e. The second-order valence-electron chi connectivity index (χ2n) is 6.72. The summed E-state index contributed by atoms with van der Waals surface area (Å²) in [5.41, 5.74) is 0.660. The van der Waals surface area contributed by atoms with E-state index in [-0.39, 0.29) is 25.0 Å². The van der Waals surface area contributed by atoms with E-state index in [0.29, 0.717) is 18.0 Å². The molecular formula is C19H28N4O3. The molecule has 2 aliphatic heterocycles. The second-order valence-corrected chi connectivity index (χ2v) is 6.72. The summed E-state index contributed by atoms with van der Waals surface area (Å²) in [6, 6.07) is 7.30. The van der Waals surface area contributed by atoms with Crippen LogP contribution in [-0.4, -0.2) is 80.6 Å². The van der Waals surface area contributed by atoms with Gasteiger partial charge in [0, 0.05) is 32.7 Å². The molecule has 3 rings (SSSR count). The second kappa shape index (κ2) is 9.00. The number of ether oxygens (including phenoxy) is 1. The fourth-order valence-electron chi connectivity index (χ4n) is 3.39. The topological polar surface area (TPSA) is 65.1 Å². The van der Waals surface area contributed by atoms with Crippen molar-refractivity contribution in [1.82, 2.24) is 15.1 Å². The smallest absolute Gasteiger partial charge is 0.265 e. The van der Waals surface area contributed by atoms with Crippen LogP contribution in [0.15, 0.2) is 24.3 Å². The van der Waals surface area contributed by atoms with Gasteiger partial charge in [0.1, 0.15) is 12.3 Å². The standard InChI is InChI=1S/C19H28N4O3/c1-2-21-10-12-22(13-11-21)9-5-8-20-18(24)14-23-16-6-3-4-7-17(16)26-15-19(23)25/h3-4,6-7H,2,5,8-15H2,1H3,(H,20,24). The molecule has 7 heteroatoms. The highest BCUT2D eigenvalue weighted by molar-refractivity contribution is 6.02. The van der Waals surface area contributed by atoms with Gasteiger partial charge in [-0.15, -0.1) is 0 Å². The van der Waals surface area contributed by atoms with Crippen molar-refractivity contribution in [1.29, 1.82) is 0 Å². The molecule has 2 amide bonds. The van der Waals surface area contributed by atoms with Crippen LogP contribution in [0.3, 0.4) is 0 Å². The molecule has 1 saturated heterocycles. The van der Waals surface area contributed by atoms with Crippen molar-refractivity contribution >= 4 is 17.5 Å². The molecular weight excluding hydrogens is 332 g/mol. The lowest BCUT2D eigenvalue weighted by molar-refractivity contribution is -0.125. The normalized spacial score (nSPS) is 18.3. The molecule has 0 aliphatic carbocycles. The first-order valence-corrected chi connectivity index (χ1v) is 9.41. The Balaban J connectivity index is 1.39. The van der Waals surface area contributed by atoms with Gasteiger partial charge < -0.3 is 19.9 Å². The Morgan fingerprint density at radius 1 is 1.15 bits per heavy atom. The van der Waals surface area contributed by atoms with E-state index in [1.54, 1.807) is 6.07 Å². The van der Waals surface area contributed by atoms with Gasteiger partial charge in [-0.25, -0.2) is 0 Å². The lowest BCUT2D eigenvalue weighted by Crippen LogP contribution is -2.47. The van der Waals surface area contributed by atoms with Crippen molar-refractivity contribution in [3.63, 3.8) is 0 Å². The van der Waals surface area contributed by atoms with Crippen molar-refractivity contribution < 1.29 is 14.3 Å². The summed E-state index contributed by atoms with van der Waals surface area (Å²) in [7, 11) is 0. The maximum atomic E-state index is 12.2. The lowest BCUT2D eigenvalue weighted by atomic mass is 10.2. The lowest BCUT2D eigenvalue weighted by Gasteiger charge is -2.34. The van der Waals surface area contributed by atoms with E-state index in [0.717, 1.165) is 45.7 Å². The Kier molecular flexibility index (Phi) is 6.46. The van der Waals surface area contributed by atoms with Gasteiger partial charge in [-0.3, -0.25) is 14.5 Å². The summed E-state index contributed by atoms with van der Waals surface area (Å²) in [4.78, 5) is 30.7. The zero-order valence-electron chi connectivity index (χ0n) is 15.4. The van der Waals surface area contributed by atoms with Gasteiger partial charge in [0.25, 0.3) is 5.91 Å². The molecule has 0 aromatic heterocycles. The van der Waals surface area contributed by atoms with Crippen molar-refractivity contribution in [2.45, 2.75) is 13.3 Å². The first-order valence-electron chi connectivity index (χ1n) is 9.41. The number of carbonyl (C=O) groups is 2. The first-order chi connectivity index (χ1) is 12.7. The third-order valence-electron chi connectivity index (χ3n) is 5.00. The maximum Gasteiger partial charge on any atom is 0.265 e. The number of nitrogens with zero attached hydrogens (tertiary/aromatic N) is 3. The Morgan fingerprint density at radius 3 is 2.65 bits per heavy atom. The van der Waals surface area contributed by atoms with Gasteiger partial charge in [-0.05, 0) is 31.6 Å². The fraction of sp³-hybridized carbons (Fsp3) is 0.579. The number of benzene rings is 1. The van der Waals surface area contributed by atoms with Gasteiger partial charge >= 0.3 is 0 Å². The average molecular weight is 360 g/mol. The monoisotopic (exact) mass is 360 g/mol. The summed E-state index contributed by atoms with van der Waals surface area (Å²) < 4.78 is 5.40. The number of rotatable bonds is 7. The Bertz CT molecular complexity index is 629. The molecule has 1 N–H and O–H groups in total. The molecule has 142 valence electrons. The molecule has 26 heavy (non-hydrogen) atoms. The number of nitrogens with one attached hydrogen (secondary N) is 1. The van der Waals surface area contributed by atoms with E-state index >= 15 is 0 Å². The van der Waals surface area contributed by atoms with E-state index in [4.69, 9.17) is 4.74 Å². The van der Waals surface area contributed by atoms with Gasteiger partial charge in [0.15, 0.2) is 6.61 Å². The molecule has 1 aromatic rings. The number of fused-ring (bicyclic) bond motifs is 1. The molecule has 7 nitrogen and oxygen atoms in total. The highest BCUT2D eigenvalue weighted by atomic mass is 16.5. The number of hydrogen-bond donors (Lipinski definition) is 1. The number of carbonyl (C=O) groups excluding carboxylic acids is 2. The molecule has 2 aliphatic rings. The fourth-order valence-corrected chi connectivity index (χ4v) is 3.39. The molecule has 0 atom stereocenters. The number of likely N-dealkylation sites (N-methyl/N-ethyl adjacent to an activating group) is 1. The van der Waals surface area contributed by atoms with E-state index < -0.39 is 0 Å². The molecule has 0 radical (unpaired) electrons. The van der Waals surface area contributed by atoms with Crippen LogP contribution in [-0.2, 0) is 9.59 Å². The minimum absolute atomic E-state index is 0.0198. The van der Waals surface area contributed by atoms with E-state index in [1.807, 2.05) is 18.2 Å². The van der Waals surface area contributed by atoms with E-state index in [9.17, 15) is 9.59 Å². The van der Waals surface area contributed by atoms with E-state index in [1.165, 1.54) is 4.90 Å². The Labute approximate surface area is 154 Å². The quantitative estimate of drug-likeness (QED) is 0.720. The van der Waals surface area contributed by atoms with Crippen molar-refractivity contribution in [2.75, 3.05) is 63.9 Å². The summed E-state index contributed by atoms with van der Waals surface area (Å²) in [6.45, 7) is 9.41. The molecule has 2 heterocycles. The summed E-state index contributed by atoms with van der Waals surface area (Å²) in [5, 5.41) is 2.93. The van der Waals surface area contributed by atoms with Crippen LogP contribution < -0.4 is 15.0 Å². The predicted octanol–water partition coefficient (Wildman–Crippen LogP) is 0.556. The summed E-state index contributed by atoms with van der Waals surface area (Å²) in [5.74, 6) is 0.324. The number of amides is 2. The molecule has 0 saturated carbocycles. The van der Waals surface area contributed by atoms with Gasteiger partial charge in [-0.2, -0.15) is 0 Å². The third kappa shape index (κ3) is 4.74. The SMILES string of the molecule is CCN1CCN(CCCNC(=O)CN2C(=O)COc3ccccc32)CC1. The van der Waals surface area contributed by atoms with Crippen LogP contribution in [0, 0.1) is 0 Å². The number of anilines is 1. The Morgan fingerprint density at radius 2 is 1.88 bits per heavy atom. The number of para-hydroxylation sites is 2. The first kappa shape index (κ1) is 18.7. The van der Waals surface area contributed by atoms with Crippen LogP contribution in [0.25, 0.3) is 0 Å². The summed E-state index contributed by atoms with van der Waals surface area (Å²) >= 11 is 0. The van der Waals surface area contributed by atoms with E-state index in [2.05, 4.69) is 22.0 Å². The van der Waals surface area contributed by atoms with Crippen LogP contribution >= 0.6 is 0 Å². The van der Waals surface area contributed by atoms with Gasteiger partial charge in [0.2, 0.25) is 5.91 Å². The van der Waals surface area contributed by atoms with Crippen molar-refractivity contribution in [3.05, 3.63) is 24.3 Å². The van der Waals surface area contributed by atoms with Gasteiger partial charge in [0.05, 0.1) is 5.69 Å². The predicted molar refractivity (Wildman–Crippen MR) is 100 cm³/mol. The molecule has 0 bridgehead atoms. The highest BCUT2D eigenvalue weighted by Gasteiger charge is 2.26. The van der Waals surface area contributed by atoms with Gasteiger partial charge in [-0.1, -0.05) is 19.1 Å². The summed E-state index contributed by atoms with van der Waals surface area (Å²) in [6.07, 6.45) is 0.922.